The van der Waals surface area contributed by atoms with E-state index < -0.39 is 0 Å². The van der Waals surface area contributed by atoms with E-state index in [1.165, 1.54) is 0 Å². The quantitative estimate of drug-likeness (QED) is 0.668. The van der Waals surface area contributed by atoms with Gasteiger partial charge in [-0.1, -0.05) is 5.16 Å². The third-order valence-corrected chi connectivity index (χ3v) is 5.20. The maximum absolute atomic E-state index is 13.2. The first-order valence-electron chi connectivity index (χ1n) is 10.1. The van der Waals surface area contributed by atoms with Crippen LogP contribution in [0, 0.1) is 6.92 Å². The average molecular weight is 410 g/mol. The highest BCUT2D eigenvalue weighted by atomic mass is 16.5. The Morgan fingerprint density at radius 1 is 1.27 bits per heavy atom. The minimum absolute atomic E-state index is 0.0107. The first-order chi connectivity index (χ1) is 14.5. The second kappa shape index (κ2) is 8.81. The SMILES string of the molecule is COc1ccc(-c2noc3nc(C)cc(C(=O)N[C@@H](C)CN4CCOCC4)c23)cc1. The van der Waals surface area contributed by atoms with Crippen molar-refractivity contribution in [3.8, 4) is 17.0 Å². The first kappa shape index (κ1) is 20.3. The second-order valence-electron chi connectivity index (χ2n) is 7.54. The minimum atomic E-state index is -0.163. The number of rotatable bonds is 6. The van der Waals surface area contributed by atoms with Gasteiger partial charge in [-0.15, -0.1) is 0 Å². The molecule has 0 bridgehead atoms. The van der Waals surface area contributed by atoms with Crippen molar-refractivity contribution in [1.29, 1.82) is 0 Å². The van der Waals surface area contributed by atoms with Crippen molar-refractivity contribution in [1.82, 2.24) is 20.4 Å². The molecule has 1 fully saturated rings. The number of benzene rings is 1. The number of carbonyl (C=O) groups is 1. The molecule has 1 aliphatic heterocycles. The molecular formula is C22H26N4O4. The highest BCUT2D eigenvalue weighted by Crippen LogP contribution is 2.31. The van der Waals surface area contributed by atoms with Crippen molar-refractivity contribution in [2.24, 2.45) is 0 Å². The summed E-state index contributed by atoms with van der Waals surface area (Å²) in [5, 5.41) is 7.92. The van der Waals surface area contributed by atoms with Crippen LogP contribution in [-0.2, 0) is 4.74 Å². The van der Waals surface area contributed by atoms with Gasteiger partial charge in [-0.3, -0.25) is 9.69 Å². The number of carbonyl (C=O) groups excluding carboxylic acids is 1. The van der Waals surface area contributed by atoms with Crippen molar-refractivity contribution < 1.29 is 18.8 Å². The molecule has 0 unspecified atom stereocenters. The number of aryl methyl sites for hydroxylation is 1. The van der Waals surface area contributed by atoms with Gasteiger partial charge in [0.1, 0.15) is 11.4 Å². The Morgan fingerprint density at radius 2 is 2.00 bits per heavy atom. The van der Waals surface area contributed by atoms with Crippen molar-refractivity contribution in [3.05, 3.63) is 41.6 Å². The lowest BCUT2D eigenvalue weighted by Crippen LogP contribution is -2.46. The third-order valence-electron chi connectivity index (χ3n) is 5.20. The molecule has 30 heavy (non-hydrogen) atoms. The van der Waals surface area contributed by atoms with Crippen LogP contribution in [0.1, 0.15) is 23.0 Å². The molecule has 1 aliphatic rings. The predicted molar refractivity (Wildman–Crippen MR) is 113 cm³/mol. The molecule has 0 saturated carbocycles. The molecule has 8 nitrogen and oxygen atoms in total. The smallest absolute Gasteiger partial charge is 0.259 e. The summed E-state index contributed by atoms with van der Waals surface area (Å²) in [4.78, 5) is 19.9. The minimum Gasteiger partial charge on any atom is -0.497 e. The van der Waals surface area contributed by atoms with E-state index in [4.69, 9.17) is 14.0 Å². The van der Waals surface area contributed by atoms with Gasteiger partial charge in [0.15, 0.2) is 0 Å². The molecule has 1 atom stereocenters. The van der Waals surface area contributed by atoms with Gasteiger partial charge in [-0.25, -0.2) is 4.98 Å². The van der Waals surface area contributed by atoms with E-state index in [9.17, 15) is 4.79 Å². The van der Waals surface area contributed by atoms with E-state index in [-0.39, 0.29) is 11.9 Å². The second-order valence-corrected chi connectivity index (χ2v) is 7.54. The zero-order valence-electron chi connectivity index (χ0n) is 17.5. The predicted octanol–water partition coefficient (Wildman–Crippen LogP) is 2.66. The molecule has 1 amide bonds. The monoisotopic (exact) mass is 410 g/mol. The van der Waals surface area contributed by atoms with Crippen LogP contribution in [0.4, 0.5) is 0 Å². The van der Waals surface area contributed by atoms with Gasteiger partial charge < -0.3 is 19.3 Å². The molecule has 158 valence electrons. The maximum Gasteiger partial charge on any atom is 0.259 e. The summed E-state index contributed by atoms with van der Waals surface area (Å²) in [5.41, 5.74) is 2.98. The van der Waals surface area contributed by atoms with Crippen LogP contribution in [0.25, 0.3) is 22.4 Å². The number of methoxy groups -OCH3 is 1. The molecule has 0 radical (unpaired) electrons. The van der Waals surface area contributed by atoms with Gasteiger partial charge in [0.25, 0.3) is 11.6 Å². The van der Waals surface area contributed by atoms with E-state index in [1.807, 2.05) is 38.1 Å². The zero-order valence-corrected chi connectivity index (χ0v) is 17.5. The summed E-state index contributed by atoms with van der Waals surface area (Å²) >= 11 is 0. The molecular weight excluding hydrogens is 384 g/mol. The van der Waals surface area contributed by atoms with E-state index >= 15 is 0 Å². The number of aromatic nitrogens is 2. The molecule has 0 spiro atoms. The summed E-state index contributed by atoms with van der Waals surface area (Å²) < 4.78 is 16.1. The molecule has 3 heterocycles. The number of hydrogen-bond acceptors (Lipinski definition) is 7. The van der Waals surface area contributed by atoms with Crippen molar-refractivity contribution in [2.75, 3.05) is 40.0 Å². The number of fused-ring (bicyclic) bond motifs is 1. The molecule has 1 aromatic carbocycles. The molecule has 8 heteroatoms. The molecule has 1 N–H and O–H groups in total. The highest BCUT2D eigenvalue weighted by Gasteiger charge is 2.23. The van der Waals surface area contributed by atoms with Crippen LogP contribution >= 0.6 is 0 Å². The lowest BCUT2D eigenvalue weighted by molar-refractivity contribution is 0.0342. The Labute approximate surface area is 175 Å². The number of nitrogens with one attached hydrogen (secondary N) is 1. The number of amides is 1. The van der Waals surface area contributed by atoms with Crippen LogP contribution in [0.3, 0.4) is 0 Å². The number of ether oxygens (including phenoxy) is 2. The van der Waals surface area contributed by atoms with Crippen LogP contribution < -0.4 is 10.1 Å². The fraction of sp³-hybridized carbons (Fsp3) is 0.409. The summed E-state index contributed by atoms with van der Waals surface area (Å²) in [6.07, 6.45) is 0. The molecule has 3 aromatic rings. The van der Waals surface area contributed by atoms with E-state index in [0.717, 1.165) is 44.2 Å². The number of nitrogens with zero attached hydrogens (tertiary/aromatic N) is 3. The number of pyridine rings is 1. The summed E-state index contributed by atoms with van der Waals surface area (Å²) in [5.74, 6) is 0.583. The molecule has 1 saturated heterocycles. The van der Waals surface area contributed by atoms with Gasteiger partial charge in [0, 0.05) is 36.9 Å². The average Bonchev–Trinajstić information content (AvgIpc) is 3.17. The number of morpholine rings is 1. The molecule has 2 aromatic heterocycles. The third kappa shape index (κ3) is 4.29. The van der Waals surface area contributed by atoms with Crippen molar-refractivity contribution in [3.63, 3.8) is 0 Å². The Hall–Kier alpha value is -2.97. The van der Waals surface area contributed by atoms with Crippen LogP contribution in [-0.4, -0.2) is 66.9 Å². The van der Waals surface area contributed by atoms with Crippen LogP contribution in [0.15, 0.2) is 34.9 Å². The summed E-state index contributed by atoms with van der Waals surface area (Å²) in [7, 11) is 1.62. The van der Waals surface area contributed by atoms with Gasteiger partial charge in [0.05, 0.1) is 31.3 Å². The fourth-order valence-corrected chi connectivity index (χ4v) is 3.72. The highest BCUT2D eigenvalue weighted by molar-refractivity contribution is 6.09. The number of hydrogen-bond donors (Lipinski definition) is 1. The van der Waals surface area contributed by atoms with E-state index in [0.29, 0.717) is 28.1 Å². The Balaban J connectivity index is 1.62. The Kier molecular flexibility index (Phi) is 5.96. The maximum atomic E-state index is 13.2. The lowest BCUT2D eigenvalue weighted by Gasteiger charge is -2.29. The Morgan fingerprint density at radius 3 is 2.70 bits per heavy atom. The van der Waals surface area contributed by atoms with Crippen molar-refractivity contribution >= 4 is 17.0 Å². The fourth-order valence-electron chi connectivity index (χ4n) is 3.72. The summed E-state index contributed by atoms with van der Waals surface area (Å²) in [6.45, 7) is 7.85. The van der Waals surface area contributed by atoms with Gasteiger partial charge in [0.2, 0.25) is 0 Å². The van der Waals surface area contributed by atoms with E-state index in [2.05, 4.69) is 20.4 Å². The van der Waals surface area contributed by atoms with Crippen LogP contribution in [0.5, 0.6) is 5.75 Å². The largest absolute Gasteiger partial charge is 0.497 e. The van der Waals surface area contributed by atoms with Gasteiger partial charge >= 0.3 is 0 Å². The standard InChI is InChI=1S/C22H26N4O4/c1-14-12-18(21(27)23-15(2)13-26-8-10-29-11-9-26)19-20(25-30-22(19)24-14)16-4-6-17(28-3)7-5-16/h4-7,12,15H,8-11,13H2,1-3H3,(H,23,27)/t15-/m0/s1. The van der Waals surface area contributed by atoms with Gasteiger partial charge in [-0.05, 0) is 44.2 Å². The topological polar surface area (TPSA) is 89.7 Å². The van der Waals surface area contributed by atoms with Crippen molar-refractivity contribution in [2.45, 2.75) is 19.9 Å². The van der Waals surface area contributed by atoms with Gasteiger partial charge in [-0.2, -0.15) is 0 Å². The Bertz CT molecular complexity index is 1030. The lowest BCUT2D eigenvalue weighted by atomic mass is 10.0. The molecule has 4 rings (SSSR count). The normalized spacial score (nSPS) is 15.8. The summed E-state index contributed by atoms with van der Waals surface area (Å²) in [6, 6.07) is 9.24. The van der Waals surface area contributed by atoms with E-state index in [1.54, 1.807) is 13.2 Å². The molecule has 0 aliphatic carbocycles. The van der Waals surface area contributed by atoms with Crippen LogP contribution in [0.2, 0.25) is 0 Å². The zero-order chi connectivity index (χ0) is 21.1. The first-order valence-corrected chi connectivity index (χ1v) is 10.1.